The topological polar surface area (TPSA) is 58.8 Å². The fourth-order valence-electron chi connectivity index (χ4n) is 5.53. The highest BCUT2D eigenvalue weighted by Gasteiger charge is 2.49. The molecule has 7 rings (SSSR count). The minimum atomic E-state index is -0.200. The molecule has 3 fully saturated rings. The zero-order valence-electron chi connectivity index (χ0n) is 18.8. The van der Waals surface area contributed by atoms with Crippen LogP contribution in [0.1, 0.15) is 24.4 Å². The molecule has 0 N–H and O–H groups in total. The Labute approximate surface area is 196 Å². The van der Waals surface area contributed by atoms with Crippen molar-refractivity contribution in [1.29, 1.82) is 0 Å². The third-order valence-corrected chi connectivity index (χ3v) is 7.32. The summed E-state index contributed by atoms with van der Waals surface area (Å²) in [6.45, 7) is 4.59. The van der Waals surface area contributed by atoms with E-state index in [4.69, 9.17) is 14.8 Å². The van der Waals surface area contributed by atoms with Gasteiger partial charge in [-0.1, -0.05) is 18.2 Å². The third-order valence-electron chi connectivity index (χ3n) is 7.32. The van der Waals surface area contributed by atoms with Crippen LogP contribution >= 0.6 is 0 Å². The molecule has 172 valence electrons. The van der Waals surface area contributed by atoms with Gasteiger partial charge in [0.25, 0.3) is 0 Å². The molecule has 0 amide bonds. The molecule has 6 heterocycles. The minimum Gasteiger partial charge on any atom is -0.380 e. The Balaban J connectivity index is 1.21. The van der Waals surface area contributed by atoms with Crippen LogP contribution in [0.2, 0.25) is 0 Å². The van der Waals surface area contributed by atoms with Gasteiger partial charge in [-0.2, -0.15) is 0 Å². The quantitative estimate of drug-likeness (QED) is 0.461. The molecule has 3 aromatic heterocycles. The van der Waals surface area contributed by atoms with Crippen LogP contribution in [0.4, 0.5) is 16.0 Å². The van der Waals surface area contributed by atoms with Crippen LogP contribution in [0, 0.1) is 11.2 Å². The summed E-state index contributed by atoms with van der Waals surface area (Å²) >= 11 is 0. The maximum atomic E-state index is 13.9. The molecule has 0 radical (unpaired) electrons. The zero-order valence-corrected chi connectivity index (χ0v) is 18.8. The van der Waals surface area contributed by atoms with E-state index < -0.39 is 0 Å². The lowest BCUT2D eigenvalue weighted by Crippen LogP contribution is -2.66. The standard InChI is InChI=1S/C26H25FN6O/c27-19-5-1-4-18(12-19)21-7-3-11-32(21)25-10-9-23-28-13-22(33(23)30-25)20-6-2-8-24(29-20)31-14-26(15-31)16-34-17-26/h1-2,4-6,8-10,12-13,21H,3,7,11,14-17H2/t21-/m1/s1. The molecule has 3 aliphatic heterocycles. The second kappa shape index (κ2) is 7.50. The van der Waals surface area contributed by atoms with Crippen molar-refractivity contribution in [1.82, 2.24) is 19.6 Å². The maximum absolute atomic E-state index is 13.9. The Morgan fingerprint density at radius 1 is 1.00 bits per heavy atom. The molecule has 3 saturated heterocycles. The lowest BCUT2D eigenvalue weighted by atomic mass is 9.78. The summed E-state index contributed by atoms with van der Waals surface area (Å²) in [5.41, 5.74) is 3.82. The van der Waals surface area contributed by atoms with Gasteiger partial charge >= 0.3 is 0 Å². The Bertz CT molecular complexity index is 1370. The number of hydrogen-bond acceptors (Lipinski definition) is 6. The molecule has 0 aliphatic carbocycles. The fourth-order valence-corrected chi connectivity index (χ4v) is 5.53. The minimum absolute atomic E-state index is 0.114. The molecule has 0 unspecified atom stereocenters. The second-order valence-corrected chi connectivity index (χ2v) is 9.74. The number of benzene rings is 1. The van der Waals surface area contributed by atoms with Gasteiger partial charge in [0.15, 0.2) is 5.65 Å². The molecule has 1 atom stereocenters. The number of ether oxygens (including phenoxy) is 1. The average Bonchev–Trinajstić information content (AvgIpc) is 3.44. The highest BCUT2D eigenvalue weighted by Crippen LogP contribution is 2.40. The first-order valence-corrected chi connectivity index (χ1v) is 11.8. The van der Waals surface area contributed by atoms with E-state index in [1.807, 2.05) is 41.0 Å². The number of hydrogen-bond donors (Lipinski definition) is 0. The Hall–Kier alpha value is -3.52. The van der Waals surface area contributed by atoms with Gasteiger partial charge in [0.1, 0.15) is 23.1 Å². The summed E-state index contributed by atoms with van der Waals surface area (Å²) in [4.78, 5) is 14.1. The van der Waals surface area contributed by atoms with E-state index in [1.165, 1.54) is 6.07 Å². The summed E-state index contributed by atoms with van der Waals surface area (Å²) in [7, 11) is 0. The molecule has 1 aromatic carbocycles. The van der Waals surface area contributed by atoms with Gasteiger partial charge in [0.2, 0.25) is 0 Å². The molecule has 3 aliphatic rings. The predicted octanol–water partition coefficient (Wildman–Crippen LogP) is 4.11. The van der Waals surface area contributed by atoms with E-state index in [0.29, 0.717) is 5.41 Å². The summed E-state index contributed by atoms with van der Waals surface area (Å²) < 4.78 is 21.2. The van der Waals surface area contributed by atoms with Crippen LogP contribution in [0.25, 0.3) is 17.0 Å². The number of imidazole rings is 1. The molecular formula is C26H25FN6O. The zero-order chi connectivity index (χ0) is 22.7. The lowest BCUT2D eigenvalue weighted by Gasteiger charge is -2.55. The summed E-state index contributed by atoms with van der Waals surface area (Å²) in [5, 5.41) is 4.96. The maximum Gasteiger partial charge on any atom is 0.154 e. The summed E-state index contributed by atoms with van der Waals surface area (Å²) in [6.07, 6.45) is 3.86. The lowest BCUT2D eigenvalue weighted by molar-refractivity contribution is -0.127. The van der Waals surface area contributed by atoms with Gasteiger partial charge in [-0.3, -0.25) is 0 Å². The van der Waals surface area contributed by atoms with Crippen molar-refractivity contribution < 1.29 is 9.13 Å². The highest BCUT2D eigenvalue weighted by atomic mass is 19.1. The number of rotatable bonds is 4. The molecule has 34 heavy (non-hydrogen) atoms. The monoisotopic (exact) mass is 456 g/mol. The number of aromatic nitrogens is 4. The van der Waals surface area contributed by atoms with Crippen LogP contribution in [-0.2, 0) is 4.74 Å². The molecule has 0 bridgehead atoms. The van der Waals surface area contributed by atoms with Crippen molar-refractivity contribution in [3.8, 4) is 11.4 Å². The number of anilines is 2. The molecular weight excluding hydrogens is 431 g/mol. The molecule has 1 spiro atoms. The second-order valence-electron chi connectivity index (χ2n) is 9.74. The number of nitrogens with zero attached hydrogens (tertiary/aromatic N) is 6. The van der Waals surface area contributed by atoms with Crippen molar-refractivity contribution in [2.24, 2.45) is 5.41 Å². The smallest absolute Gasteiger partial charge is 0.154 e. The van der Waals surface area contributed by atoms with Crippen molar-refractivity contribution in [3.63, 3.8) is 0 Å². The van der Waals surface area contributed by atoms with Crippen LogP contribution < -0.4 is 9.80 Å². The Kier molecular flexibility index (Phi) is 4.39. The molecule has 4 aromatic rings. The third kappa shape index (κ3) is 3.16. The van der Waals surface area contributed by atoms with Crippen molar-refractivity contribution in [2.45, 2.75) is 18.9 Å². The summed E-state index contributed by atoms with van der Waals surface area (Å²) in [5.74, 6) is 1.64. The van der Waals surface area contributed by atoms with Crippen molar-refractivity contribution in [3.05, 3.63) is 72.2 Å². The predicted molar refractivity (Wildman–Crippen MR) is 127 cm³/mol. The number of fused-ring (bicyclic) bond motifs is 1. The average molecular weight is 457 g/mol. The van der Waals surface area contributed by atoms with E-state index in [-0.39, 0.29) is 11.9 Å². The van der Waals surface area contributed by atoms with Crippen LogP contribution in [-0.4, -0.2) is 52.4 Å². The summed E-state index contributed by atoms with van der Waals surface area (Å²) in [6, 6.07) is 17.1. The van der Waals surface area contributed by atoms with Gasteiger partial charge in [0.05, 0.1) is 36.6 Å². The highest BCUT2D eigenvalue weighted by molar-refractivity contribution is 5.63. The first kappa shape index (κ1) is 19.9. The Morgan fingerprint density at radius 3 is 2.71 bits per heavy atom. The fraction of sp³-hybridized carbons (Fsp3) is 0.346. The van der Waals surface area contributed by atoms with E-state index in [2.05, 4.69) is 20.9 Å². The van der Waals surface area contributed by atoms with Crippen LogP contribution in [0.5, 0.6) is 0 Å². The number of halogens is 1. The Morgan fingerprint density at radius 2 is 1.88 bits per heavy atom. The first-order chi connectivity index (χ1) is 16.7. The normalized spacial score (nSPS) is 21.1. The SMILES string of the molecule is Fc1cccc([C@H]2CCCN2c2ccc3ncc(-c4cccc(N5CC6(COC6)C5)n4)n3n2)c1. The molecule has 0 saturated carbocycles. The van der Waals surface area contributed by atoms with Gasteiger partial charge in [0, 0.05) is 19.6 Å². The largest absolute Gasteiger partial charge is 0.380 e. The molecule has 8 heteroatoms. The van der Waals surface area contributed by atoms with Gasteiger partial charge in [-0.15, -0.1) is 5.10 Å². The van der Waals surface area contributed by atoms with Crippen LogP contribution in [0.15, 0.2) is 60.8 Å². The number of pyridine rings is 1. The van der Waals surface area contributed by atoms with Gasteiger partial charge in [-0.25, -0.2) is 18.9 Å². The van der Waals surface area contributed by atoms with E-state index in [9.17, 15) is 4.39 Å². The van der Waals surface area contributed by atoms with Gasteiger partial charge in [-0.05, 0) is 54.8 Å². The van der Waals surface area contributed by atoms with Gasteiger partial charge < -0.3 is 14.5 Å². The van der Waals surface area contributed by atoms with E-state index >= 15 is 0 Å². The van der Waals surface area contributed by atoms with Crippen molar-refractivity contribution >= 4 is 17.3 Å². The first-order valence-electron chi connectivity index (χ1n) is 11.8. The van der Waals surface area contributed by atoms with E-state index in [0.717, 1.165) is 79.9 Å². The van der Waals surface area contributed by atoms with Crippen molar-refractivity contribution in [2.75, 3.05) is 42.6 Å². The van der Waals surface area contributed by atoms with Crippen LogP contribution in [0.3, 0.4) is 0 Å². The van der Waals surface area contributed by atoms with E-state index in [1.54, 1.807) is 12.1 Å². The molecule has 7 nitrogen and oxygen atoms in total.